The molecule has 0 unspecified atom stereocenters. The summed E-state index contributed by atoms with van der Waals surface area (Å²) >= 11 is 0. The number of benzene rings is 1. The van der Waals surface area contributed by atoms with Gasteiger partial charge in [-0.05, 0) is 18.6 Å². The topological polar surface area (TPSA) is 157 Å². The predicted octanol–water partition coefficient (Wildman–Crippen LogP) is 2.79. The first kappa shape index (κ1) is 30.1. The molecule has 0 bridgehead atoms. The van der Waals surface area contributed by atoms with E-state index in [2.05, 4.69) is 15.1 Å². The molecule has 17 heteroatoms. The van der Waals surface area contributed by atoms with E-state index in [1.165, 1.54) is 57.2 Å². The zero-order valence-electron chi connectivity index (χ0n) is 23.7. The van der Waals surface area contributed by atoms with Crippen molar-refractivity contribution in [3.05, 3.63) is 54.2 Å². The van der Waals surface area contributed by atoms with Gasteiger partial charge in [0.25, 0.3) is 11.8 Å². The lowest BCUT2D eigenvalue weighted by Crippen LogP contribution is -2.52. The normalized spacial score (nSPS) is 15.7. The van der Waals surface area contributed by atoms with Gasteiger partial charge in [-0.3, -0.25) is 13.9 Å². The SMILES string of the molecule is O=C(OC1COC1)N1CCN(C(=O)c2ccc(Oc3nccn4c(-c5cn(CCCO)nc5C(F)(F)F)cnc34)cc2O)CC1. The largest absolute Gasteiger partial charge is 0.507 e. The van der Waals surface area contributed by atoms with E-state index in [-0.39, 0.29) is 91.7 Å². The van der Waals surface area contributed by atoms with E-state index >= 15 is 0 Å². The molecule has 45 heavy (non-hydrogen) atoms. The third-order valence-corrected chi connectivity index (χ3v) is 7.36. The molecule has 238 valence electrons. The van der Waals surface area contributed by atoms with E-state index in [0.29, 0.717) is 13.2 Å². The quantitative estimate of drug-likeness (QED) is 0.296. The lowest BCUT2D eigenvalue weighted by molar-refractivity contribution is -0.141. The fraction of sp³-hybridized carbons (Fsp3) is 0.393. The van der Waals surface area contributed by atoms with Gasteiger partial charge in [0.15, 0.2) is 11.8 Å². The first-order chi connectivity index (χ1) is 21.6. The van der Waals surface area contributed by atoms with Crippen molar-refractivity contribution in [3.8, 4) is 28.6 Å². The summed E-state index contributed by atoms with van der Waals surface area (Å²) in [4.78, 5) is 36.8. The highest BCUT2D eigenvalue weighted by Crippen LogP contribution is 2.37. The van der Waals surface area contributed by atoms with Crippen LogP contribution >= 0.6 is 0 Å². The van der Waals surface area contributed by atoms with Crippen LogP contribution < -0.4 is 4.74 Å². The van der Waals surface area contributed by atoms with E-state index in [9.17, 15) is 27.9 Å². The van der Waals surface area contributed by atoms with Gasteiger partial charge in [-0.25, -0.2) is 14.8 Å². The number of aliphatic hydroxyl groups is 1. The van der Waals surface area contributed by atoms with Crippen LogP contribution in [0.1, 0.15) is 22.5 Å². The molecule has 2 aliphatic rings. The summed E-state index contributed by atoms with van der Waals surface area (Å²) in [6, 6.07) is 4.06. The summed E-state index contributed by atoms with van der Waals surface area (Å²) < 4.78 is 60.1. The minimum absolute atomic E-state index is 0.0251. The molecule has 14 nitrogen and oxygen atoms in total. The van der Waals surface area contributed by atoms with Crippen LogP contribution in [0.2, 0.25) is 0 Å². The van der Waals surface area contributed by atoms with Crippen molar-refractivity contribution in [1.82, 2.24) is 33.9 Å². The van der Waals surface area contributed by atoms with E-state index in [1.807, 2.05) is 0 Å². The van der Waals surface area contributed by atoms with Crippen LogP contribution in [0.25, 0.3) is 16.9 Å². The summed E-state index contributed by atoms with van der Waals surface area (Å²) in [6.07, 6.45) is 0.0247. The Kier molecular flexibility index (Phi) is 8.20. The second-order valence-electron chi connectivity index (χ2n) is 10.4. The van der Waals surface area contributed by atoms with Crippen LogP contribution in [0.15, 0.2) is 43.0 Å². The van der Waals surface area contributed by atoms with Crippen LogP contribution in [0.5, 0.6) is 17.4 Å². The molecule has 0 atom stereocenters. The standard InChI is InChI=1S/C28H28F3N7O7/c29-28(30,31)23-20(14-37(34-23)5-1-11-39)21-13-33-24-25(32-4-6-38(21)24)44-17-2-3-19(22(40)12-17)26(41)35-7-9-36(10-8-35)27(42)45-18-15-43-16-18/h2-4,6,12-14,18,39-40H,1,5,7-11,15-16H2. The molecule has 0 aliphatic carbocycles. The molecule has 2 amide bonds. The lowest BCUT2D eigenvalue weighted by Gasteiger charge is -2.36. The maximum absolute atomic E-state index is 13.8. The van der Waals surface area contributed by atoms with E-state index in [0.717, 1.165) is 4.68 Å². The maximum atomic E-state index is 13.8. The molecule has 5 heterocycles. The number of aryl methyl sites for hydroxylation is 1. The Bertz CT molecular complexity index is 1710. The average Bonchev–Trinajstić information content (AvgIpc) is 3.63. The number of hydrogen-bond donors (Lipinski definition) is 2. The highest BCUT2D eigenvalue weighted by atomic mass is 19.4. The first-order valence-electron chi connectivity index (χ1n) is 14.0. The van der Waals surface area contributed by atoms with Gasteiger partial charge in [0.05, 0.1) is 36.2 Å². The molecule has 0 saturated carbocycles. The number of aliphatic hydroxyl groups excluding tert-OH is 1. The second kappa shape index (κ2) is 12.2. The van der Waals surface area contributed by atoms with Gasteiger partial charge in [0.1, 0.15) is 11.5 Å². The molecular weight excluding hydrogens is 603 g/mol. The summed E-state index contributed by atoms with van der Waals surface area (Å²) in [5.74, 6) is -0.738. The molecule has 2 aliphatic heterocycles. The number of aromatic hydroxyl groups is 1. The number of fused-ring (bicyclic) bond motifs is 1. The molecule has 0 radical (unpaired) electrons. The van der Waals surface area contributed by atoms with Gasteiger partial charge in [0.2, 0.25) is 5.65 Å². The van der Waals surface area contributed by atoms with Gasteiger partial charge in [-0.2, -0.15) is 18.3 Å². The predicted molar refractivity (Wildman–Crippen MR) is 148 cm³/mol. The molecular formula is C28H28F3N7O7. The van der Waals surface area contributed by atoms with Crippen molar-refractivity contribution in [2.45, 2.75) is 25.2 Å². The minimum Gasteiger partial charge on any atom is -0.507 e. The van der Waals surface area contributed by atoms with Crippen LogP contribution in [0.3, 0.4) is 0 Å². The van der Waals surface area contributed by atoms with Gasteiger partial charge < -0.3 is 34.2 Å². The molecule has 2 N–H and O–H groups in total. The fourth-order valence-electron chi connectivity index (χ4n) is 4.96. The maximum Gasteiger partial charge on any atom is 0.435 e. The van der Waals surface area contributed by atoms with Gasteiger partial charge in [-0.1, -0.05) is 0 Å². The number of halogens is 3. The van der Waals surface area contributed by atoms with E-state index in [4.69, 9.17) is 19.3 Å². The molecule has 3 aromatic heterocycles. The summed E-state index contributed by atoms with van der Waals surface area (Å²) in [6.45, 7) is 1.69. The summed E-state index contributed by atoms with van der Waals surface area (Å²) in [5.41, 5.74) is -1.09. The fourth-order valence-corrected chi connectivity index (χ4v) is 4.96. The van der Waals surface area contributed by atoms with Crippen molar-refractivity contribution >= 4 is 17.6 Å². The van der Waals surface area contributed by atoms with Gasteiger partial charge in [0, 0.05) is 64.0 Å². The number of phenols is 1. The Morgan fingerprint density at radius 3 is 2.51 bits per heavy atom. The van der Waals surface area contributed by atoms with Gasteiger partial charge in [-0.15, -0.1) is 0 Å². The number of hydrogen-bond acceptors (Lipinski definition) is 10. The van der Waals surface area contributed by atoms with E-state index < -0.39 is 23.9 Å². The number of aromatic nitrogens is 5. The highest BCUT2D eigenvalue weighted by molar-refractivity contribution is 5.97. The summed E-state index contributed by atoms with van der Waals surface area (Å²) in [5, 5.41) is 23.4. The van der Waals surface area contributed by atoms with Gasteiger partial charge >= 0.3 is 12.3 Å². The van der Waals surface area contributed by atoms with Crippen molar-refractivity contribution in [3.63, 3.8) is 0 Å². The molecule has 6 rings (SSSR count). The monoisotopic (exact) mass is 631 g/mol. The Hall–Kier alpha value is -4.90. The molecule has 4 aromatic rings. The number of rotatable bonds is 8. The zero-order valence-corrected chi connectivity index (χ0v) is 23.7. The lowest BCUT2D eigenvalue weighted by atomic mass is 10.1. The van der Waals surface area contributed by atoms with Crippen molar-refractivity contribution in [2.75, 3.05) is 46.0 Å². The number of amides is 2. The van der Waals surface area contributed by atoms with Crippen molar-refractivity contribution in [1.29, 1.82) is 0 Å². The minimum atomic E-state index is -4.74. The first-order valence-corrected chi connectivity index (χ1v) is 14.0. The Morgan fingerprint density at radius 2 is 1.84 bits per heavy atom. The van der Waals surface area contributed by atoms with Crippen LogP contribution in [0.4, 0.5) is 18.0 Å². The van der Waals surface area contributed by atoms with Crippen molar-refractivity contribution < 1.29 is 47.2 Å². The summed E-state index contributed by atoms with van der Waals surface area (Å²) in [7, 11) is 0. The number of carbonyl (C=O) groups excluding carboxylic acids is 2. The number of phenolic OH excluding ortho intramolecular Hbond substituents is 1. The second-order valence-corrected chi connectivity index (χ2v) is 10.4. The molecule has 0 spiro atoms. The average molecular weight is 632 g/mol. The smallest absolute Gasteiger partial charge is 0.435 e. The number of ether oxygens (including phenoxy) is 3. The Labute approximate surface area is 253 Å². The molecule has 2 saturated heterocycles. The highest BCUT2D eigenvalue weighted by Gasteiger charge is 2.38. The molecule has 1 aromatic carbocycles. The van der Waals surface area contributed by atoms with E-state index in [1.54, 1.807) is 0 Å². The third-order valence-electron chi connectivity index (χ3n) is 7.36. The number of alkyl halides is 3. The Balaban J connectivity index is 1.16. The number of piperazine rings is 1. The zero-order chi connectivity index (χ0) is 31.7. The number of nitrogens with zero attached hydrogens (tertiary/aromatic N) is 7. The molecule has 2 fully saturated rings. The van der Waals surface area contributed by atoms with Crippen molar-refractivity contribution in [2.24, 2.45) is 0 Å². The van der Waals surface area contributed by atoms with Crippen LogP contribution in [0, 0.1) is 0 Å². The third kappa shape index (κ3) is 6.21. The van der Waals surface area contributed by atoms with Crippen LogP contribution in [-0.2, 0) is 22.2 Å². The van der Waals surface area contributed by atoms with Crippen LogP contribution in [-0.4, -0.2) is 108 Å². The Morgan fingerprint density at radius 1 is 1.09 bits per heavy atom. The number of carbonyl (C=O) groups is 2. The number of imidazole rings is 1.